The third-order valence-corrected chi connectivity index (χ3v) is 3.60. The molecule has 1 aliphatic carbocycles. The number of aryl methyl sites for hydroxylation is 1. The van der Waals surface area contributed by atoms with Crippen LogP contribution in [-0.4, -0.2) is 16.8 Å². The van der Waals surface area contributed by atoms with E-state index in [2.05, 4.69) is 11.2 Å². The van der Waals surface area contributed by atoms with Crippen molar-refractivity contribution in [3.05, 3.63) is 35.4 Å². The van der Waals surface area contributed by atoms with Gasteiger partial charge in [0.25, 0.3) is 0 Å². The number of fused-ring (bicyclic) bond motifs is 2. The molecule has 1 atom stereocenters. The molecule has 0 radical (unpaired) electrons. The van der Waals surface area contributed by atoms with E-state index in [-0.39, 0.29) is 5.91 Å². The number of nitrogens with zero attached hydrogens (tertiary/aromatic N) is 2. The zero-order chi connectivity index (χ0) is 12.8. The highest BCUT2D eigenvalue weighted by Gasteiger charge is 2.49. The Morgan fingerprint density at radius 2 is 2.22 bits per heavy atom. The Balaban J connectivity index is 2.14. The summed E-state index contributed by atoms with van der Waals surface area (Å²) in [5.41, 5.74) is 1.62. The van der Waals surface area contributed by atoms with E-state index < -0.39 is 5.72 Å². The molecule has 0 saturated carbocycles. The Bertz CT molecular complexity index is 538. The molecule has 2 aliphatic rings. The van der Waals surface area contributed by atoms with Crippen molar-refractivity contribution in [3.63, 3.8) is 0 Å². The van der Waals surface area contributed by atoms with Gasteiger partial charge in [0.2, 0.25) is 17.5 Å². The van der Waals surface area contributed by atoms with Crippen molar-refractivity contribution in [2.75, 3.05) is 0 Å². The van der Waals surface area contributed by atoms with Crippen LogP contribution >= 0.6 is 0 Å². The molecule has 0 saturated heterocycles. The van der Waals surface area contributed by atoms with Gasteiger partial charge in [-0.25, -0.2) is 0 Å². The van der Waals surface area contributed by atoms with Gasteiger partial charge in [-0.1, -0.05) is 24.3 Å². The second kappa shape index (κ2) is 3.83. The quantitative estimate of drug-likeness (QED) is 0.703. The third-order valence-electron chi connectivity index (χ3n) is 3.60. The summed E-state index contributed by atoms with van der Waals surface area (Å²) >= 11 is 0. The van der Waals surface area contributed by atoms with Gasteiger partial charge in [0.05, 0.1) is 0 Å². The van der Waals surface area contributed by atoms with Gasteiger partial charge < -0.3 is 4.74 Å². The van der Waals surface area contributed by atoms with Crippen molar-refractivity contribution in [1.29, 1.82) is 0 Å². The molecular weight excluding hydrogens is 228 g/mol. The number of ether oxygens (including phenoxy) is 1. The number of amides is 1. The van der Waals surface area contributed by atoms with E-state index in [4.69, 9.17) is 4.74 Å². The molecule has 1 spiro atoms. The number of carbonyl (C=O) groups is 1. The lowest BCUT2D eigenvalue weighted by Crippen LogP contribution is -2.46. The van der Waals surface area contributed by atoms with Crippen LogP contribution in [0.1, 0.15) is 37.8 Å². The summed E-state index contributed by atoms with van der Waals surface area (Å²) in [6.45, 7) is 3.33. The molecule has 1 aromatic rings. The molecule has 4 heteroatoms. The molecule has 1 aliphatic heterocycles. The van der Waals surface area contributed by atoms with Crippen LogP contribution in [0.4, 0.5) is 0 Å². The average Bonchev–Trinajstić information content (AvgIpc) is 2.68. The number of hydrogen-bond acceptors (Lipinski definition) is 3. The van der Waals surface area contributed by atoms with Crippen LogP contribution < -0.4 is 0 Å². The minimum Gasteiger partial charge on any atom is -0.447 e. The van der Waals surface area contributed by atoms with Crippen LogP contribution in [0.15, 0.2) is 29.4 Å². The number of hydrogen-bond donors (Lipinski definition) is 0. The smallest absolute Gasteiger partial charge is 0.243 e. The molecule has 4 nitrogen and oxygen atoms in total. The van der Waals surface area contributed by atoms with Crippen LogP contribution in [0.3, 0.4) is 0 Å². The van der Waals surface area contributed by atoms with Crippen molar-refractivity contribution >= 4 is 11.8 Å². The van der Waals surface area contributed by atoms with Gasteiger partial charge in [-0.3, -0.25) is 4.79 Å². The van der Waals surface area contributed by atoms with Crippen LogP contribution in [-0.2, 0) is 21.7 Å². The molecule has 1 unspecified atom stereocenters. The van der Waals surface area contributed by atoms with E-state index in [9.17, 15) is 4.79 Å². The number of benzene rings is 1. The standard InChI is InChI=1S/C14H16N2O2/c1-10-15-16(11(2)17)14(18-10)9-5-7-12-6-3-4-8-13(12)14/h3-4,6,8H,5,7,9H2,1-2H3. The van der Waals surface area contributed by atoms with Crippen LogP contribution in [0.5, 0.6) is 0 Å². The normalized spacial score (nSPS) is 25.7. The van der Waals surface area contributed by atoms with E-state index in [1.54, 1.807) is 6.92 Å². The highest BCUT2D eigenvalue weighted by Crippen LogP contribution is 2.44. The first-order valence-electron chi connectivity index (χ1n) is 6.27. The molecule has 0 bridgehead atoms. The fourth-order valence-electron chi connectivity index (χ4n) is 2.95. The SMILES string of the molecule is CC(=O)N1N=C(C)OC12CCCc1ccccc12. The van der Waals surface area contributed by atoms with E-state index in [1.165, 1.54) is 17.5 Å². The van der Waals surface area contributed by atoms with Gasteiger partial charge in [-0.15, -0.1) is 5.10 Å². The van der Waals surface area contributed by atoms with Gasteiger partial charge in [-0.05, 0) is 18.4 Å². The summed E-state index contributed by atoms with van der Waals surface area (Å²) in [5, 5.41) is 5.74. The summed E-state index contributed by atoms with van der Waals surface area (Å²) in [4.78, 5) is 11.8. The molecule has 1 aromatic carbocycles. The minimum absolute atomic E-state index is 0.0800. The molecule has 1 heterocycles. The van der Waals surface area contributed by atoms with Crippen LogP contribution in [0, 0.1) is 0 Å². The van der Waals surface area contributed by atoms with Crippen molar-refractivity contribution in [2.24, 2.45) is 5.10 Å². The second-order valence-electron chi connectivity index (χ2n) is 4.85. The maximum Gasteiger partial charge on any atom is 0.243 e. The Morgan fingerprint density at radius 1 is 1.44 bits per heavy atom. The van der Waals surface area contributed by atoms with Crippen molar-refractivity contribution < 1.29 is 9.53 Å². The Kier molecular flexibility index (Phi) is 2.40. The van der Waals surface area contributed by atoms with Gasteiger partial charge >= 0.3 is 0 Å². The van der Waals surface area contributed by atoms with Crippen LogP contribution in [0.25, 0.3) is 0 Å². The molecule has 18 heavy (non-hydrogen) atoms. The van der Waals surface area contributed by atoms with Crippen LogP contribution in [0.2, 0.25) is 0 Å². The molecule has 0 aromatic heterocycles. The van der Waals surface area contributed by atoms with E-state index >= 15 is 0 Å². The minimum atomic E-state index is -0.704. The van der Waals surface area contributed by atoms with Crippen molar-refractivity contribution in [2.45, 2.75) is 38.8 Å². The summed E-state index contributed by atoms with van der Waals surface area (Å²) in [5.74, 6) is 0.477. The fourth-order valence-corrected chi connectivity index (χ4v) is 2.95. The lowest BCUT2D eigenvalue weighted by Gasteiger charge is -2.38. The lowest BCUT2D eigenvalue weighted by atomic mass is 9.84. The second-order valence-corrected chi connectivity index (χ2v) is 4.85. The molecule has 94 valence electrons. The van der Waals surface area contributed by atoms with E-state index in [0.29, 0.717) is 5.90 Å². The van der Waals surface area contributed by atoms with E-state index in [0.717, 1.165) is 24.8 Å². The number of carbonyl (C=O) groups excluding carboxylic acids is 1. The molecule has 3 rings (SSSR count). The van der Waals surface area contributed by atoms with Crippen molar-refractivity contribution in [3.8, 4) is 0 Å². The Morgan fingerprint density at radius 3 is 3.00 bits per heavy atom. The summed E-state index contributed by atoms with van der Waals surface area (Å²) in [7, 11) is 0. The molecule has 0 fully saturated rings. The van der Waals surface area contributed by atoms with Gasteiger partial charge in [0.15, 0.2) is 0 Å². The van der Waals surface area contributed by atoms with Gasteiger partial charge in [-0.2, -0.15) is 5.01 Å². The first kappa shape index (κ1) is 11.3. The zero-order valence-corrected chi connectivity index (χ0v) is 10.6. The largest absolute Gasteiger partial charge is 0.447 e. The number of rotatable bonds is 0. The summed E-state index contributed by atoms with van der Waals surface area (Å²) in [6, 6.07) is 8.16. The Labute approximate surface area is 106 Å². The first-order valence-corrected chi connectivity index (χ1v) is 6.27. The highest BCUT2D eigenvalue weighted by molar-refractivity contribution is 5.82. The molecule has 0 N–H and O–H groups in total. The molecule has 1 amide bonds. The highest BCUT2D eigenvalue weighted by atomic mass is 16.6. The zero-order valence-electron chi connectivity index (χ0n) is 10.6. The Hall–Kier alpha value is -1.84. The van der Waals surface area contributed by atoms with Gasteiger partial charge in [0, 0.05) is 25.8 Å². The predicted molar refractivity (Wildman–Crippen MR) is 67.8 cm³/mol. The summed E-state index contributed by atoms with van der Waals surface area (Å²) < 4.78 is 5.95. The lowest BCUT2D eigenvalue weighted by molar-refractivity contribution is -0.151. The topological polar surface area (TPSA) is 41.9 Å². The maximum absolute atomic E-state index is 11.8. The molecular formula is C14H16N2O2. The average molecular weight is 244 g/mol. The number of hydrazone groups is 1. The fraction of sp³-hybridized carbons (Fsp3) is 0.429. The van der Waals surface area contributed by atoms with Gasteiger partial charge in [0.1, 0.15) is 0 Å². The summed E-state index contributed by atoms with van der Waals surface area (Å²) in [6.07, 6.45) is 2.83. The predicted octanol–water partition coefficient (Wildman–Crippen LogP) is 2.39. The van der Waals surface area contributed by atoms with E-state index in [1.807, 2.05) is 18.2 Å². The third kappa shape index (κ3) is 1.45. The monoisotopic (exact) mass is 244 g/mol. The maximum atomic E-state index is 11.8. The van der Waals surface area contributed by atoms with Crippen molar-refractivity contribution in [1.82, 2.24) is 5.01 Å². The first-order chi connectivity index (χ1) is 8.63.